The Morgan fingerprint density at radius 3 is 1.81 bits per heavy atom. The van der Waals surface area contributed by atoms with Gasteiger partial charge in [0.1, 0.15) is 12.1 Å². The molecule has 0 fully saturated rings. The van der Waals surface area contributed by atoms with Gasteiger partial charge in [0.05, 0.1) is 6.04 Å². The lowest BCUT2D eigenvalue weighted by Gasteiger charge is -2.22. The summed E-state index contributed by atoms with van der Waals surface area (Å²) < 4.78 is 0. The van der Waals surface area contributed by atoms with Crippen LogP contribution in [0.25, 0.3) is 0 Å². The number of carbonyl (C=O) groups excluding carboxylic acids is 2. The molecule has 154 valence electrons. The summed E-state index contributed by atoms with van der Waals surface area (Å²) in [6.07, 6.45) is 0.343. The average molecular weight is 389 g/mol. The molecule has 0 aliphatic rings. The van der Waals surface area contributed by atoms with Gasteiger partial charge < -0.3 is 31.7 Å². The maximum absolute atomic E-state index is 12.4. The summed E-state index contributed by atoms with van der Waals surface area (Å²) in [6.45, 7) is 1.86. The highest BCUT2D eigenvalue weighted by Crippen LogP contribution is 2.05. The van der Waals surface area contributed by atoms with Crippen LogP contribution in [-0.2, 0) is 24.0 Å². The SMILES string of the molecule is CCCC[C@H](NC(=O)[C@@H](N)CCC(=O)O)C(=O)N[C@@H](CCC(=O)O)C(=O)O. The molecule has 2 amide bonds. The fourth-order valence-electron chi connectivity index (χ4n) is 2.16. The van der Waals surface area contributed by atoms with Crippen molar-refractivity contribution in [3.8, 4) is 0 Å². The van der Waals surface area contributed by atoms with Crippen LogP contribution in [0.3, 0.4) is 0 Å². The number of amides is 2. The first-order valence-corrected chi connectivity index (χ1v) is 8.61. The average Bonchev–Trinajstić information content (AvgIpc) is 2.58. The summed E-state index contributed by atoms with van der Waals surface area (Å²) in [5.74, 6) is -5.18. The maximum atomic E-state index is 12.4. The molecule has 0 saturated carbocycles. The van der Waals surface area contributed by atoms with E-state index in [0.29, 0.717) is 12.8 Å². The predicted octanol–water partition coefficient (Wildman–Crippen LogP) is -0.712. The molecule has 0 aliphatic carbocycles. The van der Waals surface area contributed by atoms with Crippen molar-refractivity contribution in [2.45, 2.75) is 70.0 Å². The van der Waals surface area contributed by atoms with Crippen molar-refractivity contribution < 1.29 is 39.3 Å². The fraction of sp³-hybridized carbons (Fsp3) is 0.688. The molecule has 0 aromatic rings. The Bertz CT molecular complexity index is 552. The van der Waals surface area contributed by atoms with E-state index in [1.165, 1.54) is 0 Å². The van der Waals surface area contributed by atoms with Crippen LogP contribution in [0, 0.1) is 0 Å². The third kappa shape index (κ3) is 10.8. The van der Waals surface area contributed by atoms with Gasteiger partial charge >= 0.3 is 17.9 Å². The van der Waals surface area contributed by atoms with Crippen LogP contribution in [0.1, 0.15) is 51.9 Å². The molecule has 3 atom stereocenters. The van der Waals surface area contributed by atoms with Crippen LogP contribution in [-0.4, -0.2) is 63.2 Å². The molecule has 7 N–H and O–H groups in total. The van der Waals surface area contributed by atoms with E-state index in [0.717, 1.165) is 0 Å². The van der Waals surface area contributed by atoms with Crippen LogP contribution >= 0.6 is 0 Å². The number of aliphatic carboxylic acids is 3. The number of hydrogen-bond acceptors (Lipinski definition) is 6. The Balaban J connectivity index is 4.95. The van der Waals surface area contributed by atoms with E-state index >= 15 is 0 Å². The molecular weight excluding hydrogens is 362 g/mol. The van der Waals surface area contributed by atoms with Crippen molar-refractivity contribution in [1.82, 2.24) is 10.6 Å². The monoisotopic (exact) mass is 389 g/mol. The van der Waals surface area contributed by atoms with E-state index in [1.54, 1.807) is 0 Å². The smallest absolute Gasteiger partial charge is 0.326 e. The van der Waals surface area contributed by atoms with E-state index < -0.39 is 54.3 Å². The van der Waals surface area contributed by atoms with Crippen LogP contribution in [0.15, 0.2) is 0 Å². The molecule has 0 heterocycles. The number of unbranched alkanes of at least 4 members (excludes halogenated alkanes) is 1. The number of carbonyl (C=O) groups is 5. The summed E-state index contributed by atoms with van der Waals surface area (Å²) in [7, 11) is 0. The second kappa shape index (κ2) is 12.6. The van der Waals surface area contributed by atoms with Crippen molar-refractivity contribution in [1.29, 1.82) is 0 Å². The van der Waals surface area contributed by atoms with Gasteiger partial charge in [-0.15, -0.1) is 0 Å². The molecule has 0 bridgehead atoms. The third-order valence-corrected chi connectivity index (χ3v) is 3.75. The molecule has 0 spiro atoms. The van der Waals surface area contributed by atoms with Crippen LogP contribution in [0.4, 0.5) is 0 Å². The van der Waals surface area contributed by atoms with E-state index in [9.17, 15) is 24.0 Å². The second-order valence-electron chi connectivity index (χ2n) is 6.07. The van der Waals surface area contributed by atoms with Crippen LogP contribution < -0.4 is 16.4 Å². The van der Waals surface area contributed by atoms with Gasteiger partial charge in [0.15, 0.2) is 0 Å². The minimum atomic E-state index is -1.41. The van der Waals surface area contributed by atoms with Crippen molar-refractivity contribution in [3.05, 3.63) is 0 Å². The Labute approximate surface area is 156 Å². The van der Waals surface area contributed by atoms with Gasteiger partial charge in [-0.1, -0.05) is 19.8 Å². The number of carboxylic acids is 3. The van der Waals surface area contributed by atoms with Gasteiger partial charge in [0, 0.05) is 12.8 Å². The molecule has 0 saturated heterocycles. The van der Waals surface area contributed by atoms with Crippen LogP contribution in [0.5, 0.6) is 0 Å². The highest BCUT2D eigenvalue weighted by atomic mass is 16.4. The molecule has 0 radical (unpaired) electrons. The predicted molar refractivity (Wildman–Crippen MR) is 92.7 cm³/mol. The molecule has 0 rings (SSSR count). The first-order chi connectivity index (χ1) is 12.6. The molecular formula is C16H27N3O8. The van der Waals surface area contributed by atoms with E-state index in [-0.39, 0.29) is 25.7 Å². The highest BCUT2D eigenvalue weighted by Gasteiger charge is 2.28. The minimum Gasteiger partial charge on any atom is -0.481 e. The Morgan fingerprint density at radius 2 is 1.33 bits per heavy atom. The van der Waals surface area contributed by atoms with Crippen molar-refractivity contribution in [3.63, 3.8) is 0 Å². The molecule has 0 aromatic carbocycles. The zero-order valence-electron chi connectivity index (χ0n) is 15.1. The number of nitrogens with two attached hydrogens (primary N) is 1. The minimum absolute atomic E-state index is 0.111. The molecule has 11 heteroatoms. The Morgan fingerprint density at radius 1 is 0.815 bits per heavy atom. The number of hydrogen-bond donors (Lipinski definition) is 6. The Kier molecular flexibility index (Phi) is 11.4. The summed E-state index contributed by atoms with van der Waals surface area (Å²) in [6, 6.07) is -3.59. The van der Waals surface area contributed by atoms with E-state index in [1.807, 2.05) is 6.92 Å². The van der Waals surface area contributed by atoms with Crippen LogP contribution in [0.2, 0.25) is 0 Å². The van der Waals surface area contributed by atoms with Gasteiger partial charge in [-0.3, -0.25) is 19.2 Å². The highest BCUT2D eigenvalue weighted by molar-refractivity contribution is 5.92. The second-order valence-corrected chi connectivity index (χ2v) is 6.07. The topological polar surface area (TPSA) is 196 Å². The first-order valence-electron chi connectivity index (χ1n) is 8.61. The van der Waals surface area contributed by atoms with Gasteiger partial charge in [-0.2, -0.15) is 0 Å². The quantitative estimate of drug-likeness (QED) is 0.222. The summed E-state index contributed by atoms with van der Waals surface area (Å²) in [4.78, 5) is 56.8. The molecule has 27 heavy (non-hydrogen) atoms. The number of nitrogens with one attached hydrogen (secondary N) is 2. The van der Waals surface area contributed by atoms with Crippen molar-refractivity contribution in [2.24, 2.45) is 5.73 Å². The maximum Gasteiger partial charge on any atom is 0.326 e. The lowest BCUT2D eigenvalue weighted by Crippen LogP contribution is -2.54. The fourth-order valence-corrected chi connectivity index (χ4v) is 2.16. The lowest BCUT2D eigenvalue weighted by atomic mass is 10.1. The molecule has 0 unspecified atom stereocenters. The number of carboxylic acid groups (broad SMARTS) is 3. The van der Waals surface area contributed by atoms with Crippen molar-refractivity contribution >= 4 is 29.7 Å². The largest absolute Gasteiger partial charge is 0.481 e. The lowest BCUT2D eigenvalue weighted by molar-refractivity contribution is -0.143. The van der Waals surface area contributed by atoms with E-state index in [4.69, 9.17) is 21.1 Å². The van der Waals surface area contributed by atoms with Gasteiger partial charge in [0.25, 0.3) is 0 Å². The molecule has 11 nitrogen and oxygen atoms in total. The molecule has 0 aliphatic heterocycles. The summed E-state index contributed by atoms with van der Waals surface area (Å²) in [5, 5.41) is 31.0. The van der Waals surface area contributed by atoms with E-state index in [2.05, 4.69) is 10.6 Å². The number of rotatable bonds is 14. The Hall–Kier alpha value is -2.69. The zero-order valence-corrected chi connectivity index (χ0v) is 15.1. The van der Waals surface area contributed by atoms with Gasteiger partial charge in [-0.25, -0.2) is 4.79 Å². The standard InChI is InChI=1S/C16H27N3O8/c1-2-3-4-10(18-14(24)9(17)5-7-12(20)21)15(25)19-11(16(26)27)6-8-13(22)23/h9-11H,2-8,17H2,1H3,(H,18,24)(H,19,25)(H,20,21)(H,22,23)(H,26,27)/t9-,10-,11-/m0/s1. The third-order valence-electron chi connectivity index (χ3n) is 3.75. The summed E-state index contributed by atoms with van der Waals surface area (Å²) >= 11 is 0. The normalized spacial score (nSPS) is 13.9. The zero-order chi connectivity index (χ0) is 21.0. The first kappa shape index (κ1) is 24.3. The van der Waals surface area contributed by atoms with Gasteiger partial charge in [0.2, 0.25) is 11.8 Å². The molecule has 0 aromatic heterocycles. The summed E-state index contributed by atoms with van der Waals surface area (Å²) in [5.41, 5.74) is 5.61. The van der Waals surface area contributed by atoms with Crippen molar-refractivity contribution in [2.75, 3.05) is 0 Å². The van der Waals surface area contributed by atoms with Gasteiger partial charge in [-0.05, 0) is 19.3 Å².